The summed E-state index contributed by atoms with van der Waals surface area (Å²) in [5.74, 6) is 0. The zero-order valence-corrected chi connectivity index (χ0v) is 8.01. The molecule has 2 heterocycles. The molecule has 0 radical (unpaired) electrons. The molecule has 1 aromatic rings. The standard InChI is InChI=1S/C8H12ClN3O/c9-8-6-1-2-10-5-7(6)12(11-8)3-4-13/h10,13H,1-5H2. The number of aliphatic hydroxyl groups excluding tert-OH is 1. The number of hydrogen-bond donors (Lipinski definition) is 2. The van der Waals surface area contributed by atoms with E-state index in [0.29, 0.717) is 11.7 Å². The quantitative estimate of drug-likeness (QED) is 0.718. The molecule has 72 valence electrons. The van der Waals surface area contributed by atoms with Crippen LogP contribution in [0.4, 0.5) is 0 Å². The molecular weight excluding hydrogens is 190 g/mol. The minimum Gasteiger partial charge on any atom is -0.394 e. The Morgan fingerprint density at radius 1 is 1.62 bits per heavy atom. The Bertz CT molecular complexity index is 311. The van der Waals surface area contributed by atoms with Crippen LogP contribution in [0.5, 0.6) is 0 Å². The molecule has 0 atom stereocenters. The Morgan fingerprint density at radius 3 is 3.23 bits per heavy atom. The molecule has 0 unspecified atom stereocenters. The van der Waals surface area contributed by atoms with Crippen molar-refractivity contribution in [3.63, 3.8) is 0 Å². The molecule has 4 nitrogen and oxygen atoms in total. The van der Waals surface area contributed by atoms with Crippen LogP contribution in [0.2, 0.25) is 5.15 Å². The molecule has 0 aliphatic carbocycles. The second kappa shape index (κ2) is 3.65. The summed E-state index contributed by atoms with van der Waals surface area (Å²) < 4.78 is 1.78. The Kier molecular flexibility index (Phi) is 2.53. The fourth-order valence-electron chi connectivity index (χ4n) is 1.65. The number of fused-ring (bicyclic) bond motifs is 1. The lowest BCUT2D eigenvalue weighted by Crippen LogP contribution is -2.25. The first-order chi connectivity index (χ1) is 6.33. The molecule has 1 aliphatic heterocycles. The summed E-state index contributed by atoms with van der Waals surface area (Å²) >= 11 is 5.96. The normalized spacial score (nSPS) is 15.8. The van der Waals surface area contributed by atoms with Gasteiger partial charge in [0.05, 0.1) is 18.8 Å². The van der Waals surface area contributed by atoms with E-state index < -0.39 is 0 Å². The van der Waals surface area contributed by atoms with Gasteiger partial charge in [-0.05, 0) is 13.0 Å². The SMILES string of the molecule is OCCn1nc(Cl)c2c1CNCC2. The van der Waals surface area contributed by atoms with Gasteiger partial charge < -0.3 is 10.4 Å². The first kappa shape index (κ1) is 8.99. The molecule has 0 saturated carbocycles. The molecule has 2 rings (SSSR count). The van der Waals surface area contributed by atoms with Crippen molar-refractivity contribution in [2.75, 3.05) is 13.2 Å². The Morgan fingerprint density at radius 2 is 2.46 bits per heavy atom. The average Bonchev–Trinajstić information content (AvgIpc) is 2.46. The van der Waals surface area contributed by atoms with Crippen molar-refractivity contribution >= 4 is 11.6 Å². The van der Waals surface area contributed by atoms with Gasteiger partial charge in [-0.25, -0.2) is 0 Å². The lowest BCUT2D eigenvalue weighted by Gasteiger charge is -2.14. The fourth-order valence-corrected chi connectivity index (χ4v) is 1.94. The maximum atomic E-state index is 8.81. The third-order valence-corrected chi connectivity index (χ3v) is 2.58. The van der Waals surface area contributed by atoms with Gasteiger partial charge in [0.25, 0.3) is 0 Å². The van der Waals surface area contributed by atoms with Gasteiger partial charge in [-0.1, -0.05) is 11.6 Å². The van der Waals surface area contributed by atoms with Gasteiger partial charge in [-0.3, -0.25) is 4.68 Å². The van der Waals surface area contributed by atoms with Crippen LogP contribution < -0.4 is 5.32 Å². The molecule has 0 amide bonds. The maximum absolute atomic E-state index is 8.81. The van der Waals surface area contributed by atoms with Crippen molar-refractivity contribution in [1.82, 2.24) is 15.1 Å². The number of nitrogens with one attached hydrogen (secondary N) is 1. The largest absolute Gasteiger partial charge is 0.394 e. The van der Waals surface area contributed by atoms with Crippen LogP contribution in [0.25, 0.3) is 0 Å². The summed E-state index contributed by atoms with van der Waals surface area (Å²) in [5, 5.41) is 16.8. The molecule has 0 aromatic carbocycles. The minimum atomic E-state index is 0.102. The predicted octanol–water partition coefficient (Wildman–Crippen LogP) is 0.174. The van der Waals surface area contributed by atoms with Crippen LogP contribution in [-0.2, 0) is 19.5 Å². The molecule has 0 saturated heterocycles. The van der Waals surface area contributed by atoms with Gasteiger partial charge in [0.15, 0.2) is 5.15 Å². The average molecular weight is 202 g/mol. The van der Waals surface area contributed by atoms with Gasteiger partial charge in [0.2, 0.25) is 0 Å². The fraction of sp³-hybridized carbons (Fsp3) is 0.625. The summed E-state index contributed by atoms with van der Waals surface area (Å²) in [4.78, 5) is 0. The van der Waals surface area contributed by atoms with Gasteiger partial charge in [0, 0.05) is 12.1 Å². The number of aliphatic hydroxyl groups is 1. The van der Waals surface area contributed by atoms with E-state index in [1.807, 2.05) is 0 Å². The molecule has 0 fully saturated rings. The van der Waals surface area contributed by atoms with Crippen molar-refractivity contribution in [2.45, 2.75) is 19.5 Å². The predicted molar refractivity (Wildman–Crippen MR) is 49.7 cm³/mol. The van der Waals surface area contributed by atoms with Crippen LogP contribution in [-0.4, -0.2) is 28.0 Å². The number of halogens is 1. The van der Waals surface area contributed by atoms with E-state index in [0.717, 1.165) is 30.8 Å². The van der Waals surface area contributed by atoms with Crippen LogP contribution in [0.3, 0.4) is 0 Å². The third kappa shape index (κ3) is 1.57. The van der Waals surface area contributed by atoms with Gasteiger partial charge in [0.1, 0.15) is 0 Å². The second-order valence-corrected chi connectivity index (χ2v) is 3.45. The Labute approximate surface area is 81.5 Å². The number of rotatable bonds is 2. The van der Waals surface area contributed by atoms with Crippen LogP contribution in [0, 0.1) is 0 Å². The molecule has 2 N–H and O–H groups in total. The van der Waals surface area contributed by atoms with E-state index in [2.05, 4.69) is 10.4 Å². The molecular formula is C8H12ClN3O. The Hall–Kier alpha value is -0.580. The van der Waals surface area contributed by atoms with Crippen LogP contribution >= 0.6 is 11.6 Å². The van der Waals surface area contributed by atoms with E-state index in [9.17, 15) is 0 Å². The van der Waals surface area contributed by atoms with E-state index in [-0.39, 0.29) is 6.61 Å². The lowest BCUT2D eigenvalue weighted by molar-refractivity contribution is 0.266. The summed E-state index contributed by atoms with van der Waals surface area (Å²) in [7, 11) is 0. The van der Waals surface area contributed by atoms with Crippen molar-refractivity contribution in [3.8, 4) is 0 Å². The van der Waals surface area contributed by atoms with E-state index in [1.165, 1.54) is 0 Å². The van der Waals surface area contributed by atoms with Crippen molar-refractivity contribution < 1.29 is 5.11 Å². The zero-order valence-electron chi connectivity index (χ0n) is 7.26. The monoisotopic (exact) mass is 201 g/mol. The van der Waals surface area contributed by atoms with Crippen molar-refractivity contribution in [1.29, 1.82) is 0 Å². The van der Waals surface area contributed by atoms with Crippen molar-refractivity contribution in [2.24, 2.45) is 0 Å². The van der Waals surface area contributed by atoms with Crippen molar-refractivity contribution in [3.05, 3.63) is 16.4 Å². The smallest absolute Gasteiger partial charge is 0.154 e. The third-order valence-electron chi connectivity index (χ3n) is 2.27. The summed E-state index contributed by atoms with van der Waals surface area (Å²) in [6.45, 7) is 2.38. The number of nitrogens with zero attached hydrogens (tertiary/aromatic N) is 2. The van der Waals surface area contributed by atoms with Crippen LogP contribution in [0.1, 0.15) is 11.3 Å². The minimum absolute atomic E-state index is 0.102. The highest BCUT2D eigenvalue weighted by Gasteiger charge is 2.18. The highest BCUT2D eigenvalue weighted by Crippen LogP contribution is 2.22. The van der Waals surface area contributed by atoms with Gasteiger partial charge in [-0.15, -0.1) is 0 Å². The molecule has 0 spiro atoms. The summed E-state index contributed by atoms with van der Waals surface area (Å²) in [6, 6.07) is 0. The van der Waals surface area contributed by atoms with Crippen LogP contribution in [0.15, 0.2) is 0 Å². The van der Waals surface area contributed by atoms with E-state index in [1.54, 1.807) is 4.68 Å². The number of aromatic nitrogens is 2. The highest BCUT2D eigenvalue weighted by molar-refractivity contribution is 6.30. The Balaban J connectivity index is 2.36. The van der Waals surface area contributed by atoms with E-state index in [4.69, 9.17) is 16.7 Å². The molecule has 0 bridgehead atoms. The second-order valence-electron chi connectivity index (χ2n) is 3.09. The maximum Gasteiger partial charge on any atom is 0.154 e. The lowest BCUT2D eigenvalue weighted by atomic mass is 10.1. The highest BCUT2D eigenvalue weighted by atomic mass is 35.5. The van der Waals surface area contributed by atoms with Gasteiger partial charge >= 0.3 is 0 Å². The topological polar surface area (TPSA) is 50.1 Å². The first-order valence-corrected chi connectivity index (χ1v) is 4.76. The first-order valence-electron chi connectivity index (χ1n) is 4.38. The molecule has 13 heavy (non-hydrogen) atoms. The molecule has 5 heteroatoms. The summed E-state index contributed by atoms with van der Waals surface area (Å²) in [5.41, 5.74) is 2.25. The zero-order chi connectivity index (χ0) is 9.26. The van der Waals surface area contributed by atoms with E-state index >= 15 is 0 Å². The summed E-state index contributed by atoms with van der Waals surface area (Å²) in [6.07, 6.45) is 0.930. The number of hydrogen-bond acceptors (Lipinski definition) is 3. The molecule has 1 aliphatic rings. The van der Waals surface area contributed by atoms with Gasteiger partial charge in [-0.2, -0.15) is 5.10 Å². The molecule has 1 aromatic heterocycles.